The Hall–Kier alpha value is -2.07. The number of nitrogens with one attached hydrogen (secondary N) is 1. The van der Waals surface area contributed by atoms with Crippen LogP contribution in [0.25, 0.3) is 0 Å². The van der Waals surface area contributed by atoms with Gasteiger partial charge in [-0.05, 0) is 57.5 Å². The minimum Gasteiger partial charge on any atom is -0.468 e. The van der Waals surface area contributed by atoms with E-state index in [9.17, 15) is 4.79 Å². The SMILES string of the molecule is CC(C)N(C)Cc1ccc(NC(=O)c2ccoc2C2CC2)cc1. The Bertz CT molecular complexity index is 669. The minimum atomic E-state index is -0.0901. The zero-order chi connectivity index (χ0) is 16.4. The highest BCUT2D eigenvalue weighted by molar-refractivity contribution is 6.05. The summed E-state index contributed by atoms with van der Waals surface area (Å²) in [7, 11) is 2.11. The van der Waals surface area contributed by atoms with Crippen LogP contribution >= 0.6 is 0 Å². The Balaban J connectivity index is 1.63. The lowest BCUT2D eigenvalue weighted by molar-refractivity contribution is 0.102. The number of carbonyl (C=O) groups is 1. The number of rotatable bonds is 6. The zero-order valence-corrected chi connectivity index (χ0v) is 14.0. The van der Waals surface area contributed by atoms with Gasteiger partial charge in [-0.25, -0.2) is 0 Å². The summed E-state index contributed by atoms with van der Waals surface area (Å²) >= 11 is 0. The van der Waals surface area contributed by atoms with Crippen LogP contribution in [-0.4, -0.2) is 23.9 Å². The first-order valence-corrected chi connectivity index (χ1v) is 8.22. The molecule has 0 bridgehead atoms. The van der Waals surface area contributed by atoms with Crippen molar-refractivity contribution in [2.45, 2.75) is 45.2 Å². The van der Waals surface area contributed by atoms with Gasteiger partial charge in [-0.3, -0.25) is 9.69 Å². The molecule has 1 aromatic heterocycles. The molecule has 1 saturated carbocycles. The van der Waals surface area contributed by atoms with E-state index in [1.165, 1.54) is 5.56 Å². The van der Waals surface area contributed by atoms with Crippen molar-refractivity contribution in [3.8, 4) is 0 Å². The number of nitrogens with zero attached hydrogens (tertiary/aromatic N) is 1. The van der Waals surface area contributed by atoms with E-state index in [4.69, 9.17) is 4.42 Å². The molecule has 0 spiro atoms. The van der Waals surface area contributed by atoms with E-state index in [1.54, 1.807) is 12.3 Å². The van der Waals surface area contributed by atoms with Gasteiger partial charge in [0.2, 0.25) is 0 Å². The lowest BCUT2D eigenvalue weighted by Gasteiger charge is -2.21. The van der Waals surface area contributed by atoms with Crippen molar-refractivity contribution in [1.82, 2.24) is 4.90 Å². The standard InChI is InChI=1S/C19H24N2O2/c1-13(2)21(3)12-14-4-8-16(9-5-14)20-19(22)17-10-11-23-18(17)15-6-7-15/h4-5,8-11,13,15H,6-7,12H2,1-3H3,(H,20,22). The van der Waals surface area contributed by atoms with Gasteiger partial charge in [0, 0.05) is 24.2 Å². The van der Waals surface area contributed by atoms with E-state index < -0.39 is 0 Å². The predicted molar refractivity (Wildman–Crippen MR) is 91.7 cm³/mol. The van der Waals surface area contributed by atoms with Crippen molar-refractivity contribution in [2.24, 2.45) is 0 Å². The molecule has 0 radical (unpaired) electrons. The largest absolute Gasteiger partial charge is 0.468 e. The van der Waals surface area contributed by atoms with Crippen LogP contribution in [0, 0.1) is 0 Å². The summed E-state index contributed by atoms with van der Waals surface area (Å²) < 4.78 is 5.47. The fourth-order valence-electron chi connectivity index (χ4n) is 2.53. The van der Waals surface area contributed by atoms with Gasteiger partial charge >= 0.3 is 0 Å². The molecule has 1 amide bonds. The maximum Gasteiger partial charge on any atom is 0.259 e. The van der Waals surface area contributed by atoms with E-state index in [1.807, 2.05) is 12.1 Å². The van der Waals surface area contributed by atoms with Gasteiger partial charge in [-0.2, -0.15) is 0 Å². The van der Waals surface area contributed by atoms with Crippen LogP contribution in [0.3, 0.4) is 0 Å². The Morgan fingerprint density at radius 2 is 1.96 bits per heavy atom. The van der Waals surface area contributed by atoms with Gasteiger partial charge < -0.3 is 9.73 Å². The summed E-state index contributed by atoms with van der Waals surface area (Å²) in [4.78, 5) is 14.7. The third-order valence-corrected chi connectivity index (χ3v) is 4.41. The zero-order valence-electron chi connectivity index (χ0n) is 14.0. The summed E-state index contributed by atoms with van der Waals surface area (Å²) in [6.45, 7) is 5.26. The van der Waals surface area contributed by atoms with Crippen LogP contribution < -0.4 is 5.32 Å². The summed E-state index contributed by atoms with van der Waals surface area (Å²) in [6, 6.07) is 10.3. The van der Waals surface area contributed by atoms with Crippen LogP contribution in [0.5, 0.6) is 0 Å². The van der Waals surface area contributed by atoms with Crippen molar-refractivity contribution < 1.29 is 9.21 Å². The maximum absolute atomic E-state index is 12.4. The number of furan rings is 1. The van der Waals surface area contributed by atoms with Crippen molar-refractivity contribution in [2.75, 3.05) is 12.4 Å². The lowest BCUT2D eigenvalue weighted by atomic mass is 10.1. The van der Waals surface area contributed by atoms with Crippen molar-refractivity contribution in [3.63, 3.8) is 0 Å². The maximum atomic E-state index is 12.4. The van der Waals surface area contributed by atoms with Crippen molar-refractivity contribution in [1.29, 1.82) is 0 Å². The van der Waals surface area contributed by atoms with E-state index >= 15 is 0 Å². The van der Waals surface area contributed by atoms with Crippen LogP contribution in [0.1, 0.15) is 54.3 Å². The molecule has 23 heavy (non-hydrogen) atoms. The molecule has 0 saturated heterocycles. The van der Waals surface area contributed by atoms with Crippen LogP contribution in [0.4, 0.5) is 5.69 Å². The minimum absolute atomic E-state index is 0.0901. The lowest BCUT2D eigenvalue weighted by Crippen LogP contribution is -2.25. The molecule has 1 aromatic carbocycles. The molecular weight excluding hydrogens is 288 g/mol. The molecule has 1 fully saturated rings. The van der Waals surface area contributed by atoms with Crippen LogP contribution in [0.2, 0.25) is 0 Å². The molecule has 0 unspecified atom stereocenters. The number of hydrogen-bond donors (Lipinski definition) is 1. The van der Waals surface area contributed by atoms with Gasteiger partial charge in [0.15, 0.2) is 0 Å². The third-order valence-electron chi connectivity index (χ3n) is 4.41. The van der Waals surface area contributed by atoms with E-state index in [2.05, 4.69) is 43.2 Å². The molecular formula is C19H24N2O2. The number of anilines is 1. The van der Waals surface area contributed by atoms with Gasteiger partial charge in [0.1, 0.15) is 5.76 Å². The van der Waals surface area contributed by atoms with Crippen LogP contribution in [0.15, 0.2) is 41.0 Å². The molecule has 122 valence electrons. The molecule has 4 nitrogen and oxygen atoms in total. The van der Waals surface area contributed by atoms with E-state index in [0.717, 1.165) is 30.8 Å². The average molecular weight is 312 g/mol. The molecule has 1 N–H and O–H groups in total. The van der Waals surface area contributed by atoms with E-state index in [0.29, 0.717) is 17.5 Å². The third kappa shape index (κ3) is 3.82. The normalized spacial score (nSPS) is 14.5. The topological polar surface area (TPSA) is 45.5 Å². The summed E-state index contributed by atoms with van der Waals surface area (Å²) in [5.41, 5.74) is 2.71. The number of hydrogen-bond acceptors (Lipinski definition) is 3. The molecule has 0 aliphatic heterocycles. The molecule has 2 aromatic rings. The second-order valence-electron chi connectivity index (χ2n) is 6.63. The highest BCUT2D eigenvalue weighted by atomic mass is 16.3. The first kappa shape index (κ1) is 15.8. The quantitative estimate of drug-likeness (QED) is 0.867. The second kappa shape index (κ2) is 6.59. The summed E-state index contributed by atoms with van der Waals surface area (Å²) in [6.07, 6.45) is 3.84. The van der Waals surface area contributed by atoms with Gasteiger partial charge in [-0.15, -0.1) is 0 Å². The first-order chi connectivity index (χ1) is 11.0. The molecule has 3 rings (SSSR count). The Kier molecular flexibility index (Phi) is 4.53. The molecule has 1 aliphatic carbocycles. The first-order valence-electron chi connectivity index (χ1n) is 8.22. The number of amides is 1. The number of carbonyl (C=O) groups excluding carboxylic acids is 1. The Morgan fingerprint density at radius 1 is 1.26 bits per heavy atom. The van der Waals surface area contributed by atoms with Gasteiger partial charge in [0.25, 0.3) is 5.91 Å². The van der Waals surface area contributed by atoms with Crippen LogP contribution in [-0.2, 0) is 6.54 Å². The fraction of sp³-hybridized carbons (Fsp3) is 0.421. The van der Waals surface area contributed by atoms with Crippen molar-refractivity contribution in [3.05, 3.63) is 53.5 Å². The van der Waals surface area contributed by atoms with Gasteiger partial charge in [-0.1, -0.05) is 12.1 Å². The van der Waals surface area contributed by atoms with E-state index in [-0.39, 0.29) is 5.91 Å². The molecule has 0 atom stereocenters. The van der Waals surface area contributed by atoms with Gasteiger partial charge in [0.05, 0.1) is 11.8 Å². The highest BCUT2D eigenvalue weighted by Gasteiger charge is 2.31. The highest BCUT2D eigenvalue weighted by Crippen LogP contribution is 2.42. The monoisotopic (exact) mass is 312 g/mol. The smallest absolute Gasteiger partial charge is 0.259 e. The average Bonchev–Trinajstić information content (AvgIpc) is 3.25. The molecule has 1 heterocycles. The summed E-state index contributed by atoms with van der Waals surface area (Å²) in [5, 5.41) is 2.96. The fourth-order valence-corrected chi connectivity index (χ4v) is 2.53. The second-order valence-corrected chi connectivity index (χ2v) is 6.63. The summed E-state index contributed by atoms with van der Waals surface area (Å²) in [5.74, 6) is 1.17. The Labute approximate surface area is 137 Å². The van der Waals surface area contributed by atoms with Crippen molar-refractivity contribution >= 4 is 11.6 Å². The Morgan fingerprint density at radius 3 is 2.57 bits per heavy atom. The molecule has 4 heteroatoms. The number of benzene rings is 1. The molecule has 1 aliphatic rings. The predicted octanol–water partition coefficient (Wildman–Crippen LogP) is 4.25.